The second-order valence-corrected chi connectivity index (χ2v) is 7.94. The Balaban J connectivity index is 1.83. The first-order valence-electron chi connectivity index (χ1n) is 10.6. The van der Waals surface area contributed by atoms with Crippen molar-refractivity contribution in [2.45, 2.75) is 18.9 Å². The first-order valence-corrected chi connectivity index (χ1v) is 10.6. The van der Waals surface area contributed by atoms with Crippen LogP contribution in [0.5, 0.6) is 5.75 Å². The molecular formula is C26H29N3O3. The van der Waals surface area contributed by atoms with Gasteiger partial charge in [-0.3, -0.25) is 0 Å². The molecule has 4 rings (SSSR count). The zero-order valence-electron chi connectivity index (χ0n) is 18.7. The van der Waals surface area contributed by atoms with E-state index in [0.29, 0.717) is 13.2 Å². The Bertz CT molecular complexity index is 1110. The smallest absolute Gasteiger partial charge is 0.283 e. The molecule has 0 aliphatic carbocycles. The van der Waals surface area contributed by atoms with E-state index in [2.05, 4.69) is 29.6 Å². The Labute approximate surface area is 189 Å². The van der Waals surface area contributed by atoms with Crippen LogP contribution < -0.4 is 15.8 Å². The van der Waals surface area contributed by atoms with Crippen LogP contribution in [0.3, 0.4) is 0 Å². The van der Waals surface area contributed by atoms with Crippen molar-refractivity contribution in [3.63, 3.8) is 0 Å². The standard InChI is InChI=1S/C26H29N3O3/c1-18-13-20(9-10-24(18)31-3)26(17-32-25(27)29-26)21-14-19(11-12-30-2)15-23(16-21)28-22-7-5-4-6-8-22/h4-10,13-16,28H,11-12,17H2,1-3H3,(H2,27,29). The average molecular weight is 432 g/mol. The maximum absolute atomic E-state index is 6.03. The third-order valence-electron chi connectivity index (χ3n) is 5.73. The fourth-order valence-electron chi connectivity index (χ4n) is 4.08. The Morgan fingerprint density at radius 1 is 1.00 bits per heavy atom. The monoisotopic (exact) mass is 431 g/mol. The van der Waals surface area contributed by atoms with Gasteiger partial charge >= 0.3 is 0 Å². The zero-order chi connectivity index (χ0) is 22.6. The largest absolute Gasteiger partial charge is 0.496 e. The van der Waals surface area contributed by atoms with Gasteiger partial charge in [-0.15, -0.1) is 0 Å². The lowest BCUT2D eigenvalue weighted by molar-refractivity contribution is 0.202. The summed E-state index contributed by atoms with van der Waals surface area (Å²) < 4.78 is 16.5. The van der Waals surface area contributed by atoms with E-state index in [9.17, 15) is 0 Å². The fraction of sp³-hybridized carbons (Fsp3) is 0.269. The summed E-state index contributed by atoms with van der Waals surface area (Å²) in [5.41, 5.74) is 11.5. The number of amidine groups is 1. The van der Waals surface area contributed by atoms with E-state index in [4.69, 9.17) is 24.9 Å². The number of hydrogen-bond donors (Lipinski definition) is 2. The van der Waals surface area contributed by atoms with Gasteiger partial charge in [0.15, 0.2) is 5.54 Å². The van der Waals surface area contributed by atoms with Gasteiger partial charge in [0, 0.05) is 18.5 Å². The van der Waals surface area contributed by atoms with E-state index in [0.717, 1.165) is 45.8 Å². The second-order valence-electron chi connectivity index (χ2n) is 7.94. The predicted octanol–water partition coefficient (Wildman–Crippen LogP) is 4.52. The van der Waals surface area contributed by atoms with Gasteiger partial charge in [-0.05, 0) is 72.0 Å². The number of benzene rings is 3. The lowest BCUT2D eigenvalue weighted by Crippen LogP contribution is -2.27. The molecule has 0 saturated carbocycles. The van der Waals surface area contributed by atoms with Gasteiger partial charge < -0.3 is 25.3 Å². The first kappa shape index (κ1) is 21.7. The number of anilines is 2. The van der Waals surface area contributed by atoms with Crippen LogP contribution in [0.2, 0.25) is 0 Å². The molecule has 3 N–H and O–H groups in total. The third-order valence-corrected chi connectivity index (χ3v) is 5.73. The number of nitrogens with one attached hydrogen (secondary N) is 1. The molecule has 0 bridgehead atoms. The van der Waals surface area contributed by atoms with Gasteiger partial charge in [-0.2, -0.15) is 0 Å². The summed E-state index contributed by atoms with van der Waals surface area (Å²) in [7, 11) is 3.39. The van der Waals surface area contributed by atoms with Crippen molar-refractivity contribution in [1.82, 2.24) is 0 Å². The number of rotatable bonds is 8. The molecule has 1 heterocycles. The van der Waals surface area contributed by atoms with Crippen molar-refractivity contribution in [3.05, 3.63) is 89.0 Å². The molecule has 0 saturated heterocycles. The molecule has 1 atom stereocenters. The number of nitrogens with two attached hydrogens (primary N) is 1. The van der Waals surface area contributed by atoms with Crippen LogP contribution in [0.15, 0.2) is 71.7 Å². The maximum atomic E-state index is 6.03. The minimum absolute atomic E-state index is 0.193. The van der Waals surface area contributed by atoms with E-state index < -0.39 is 5.54 Å². The van der Waals surface area contributed by atoms with Crippen molar-refractivity contribution >= 4 is 17.4 Å². The van der Waals surface area contributed by atoms with Crippen LogP contribution in [0.25, 0.3) is 0 Å². The van der Waals surface area contributed by atoms with Crippen LogP contribution in [0.1, 0.15) is 22.3 Å². The summed E-state index contributed by atoms with van der Waals surface area (Å²) in [5, 5.41) is 3.51. The van der Waals surface area contributed by atoms with E-state index in [1.807, 2.05) is 49.4 Å². The van der Waals surface area contributed by atoms with Crippen molar-refractivity contribution in [2.75, 3.05) is 32.8 Å². The maximum Gasteiger partial charge on any atom is 0.283 e. The van der Waals surface area contributed by atoms with E-state index in [1.54, 1.807) is 14.2 Å². The highest BCUT2D eigenvalue weighted by Crippen LogP contribution is 2.40. The Kier molecular flexibility index (Phi) is 6.32. The van der Waals surface area contributed by atoms with Gasteiger partial charge in [0.1, 0.15) is 12.4 Å². The summed E-state index contributed by atoms with van der Waals surface area (Å²) >= 11 is 0. The summed E-state index contributed by atoms with van der Waals surface area (Å²) in [6, 6.07) is 22.8. The average Bonchev–Trinajstić information content (AvgIpc) is 3.21. The topological polar surface area (TPSA) is 78.1 Å². The molecular weight excluding hydrogens is 402 g/mol. The molecule has 1 unspecified atom stereocenters. The van der Waals surface area contributed by atoms with Crippen LogP contribution >= 0.6 is 0 Å². The van der Waals surface area contributed by atoms with E-state index >= 15 is 0 Å². The minimum Gasteiger partial charge on any atom is -0.496 e. The molecule has 166 valence electrons. The summed E-state index contributed by atoms with van der Waals surface area (Å²) in [6.07, 6.45) is 0.783. The van der Waals surface area contributed by atoms with Gasteiger partial charge in [0.25, 0.3) is 6.02 Å². The Morgan fingerprint density at radius 3 is 2.47 bits per heavy atom. The molecule has 0 fully saturated rings. The predicted molar refractivity (Wildman–Crippen MR) is 128 cm³/mol. The SMILES string of the molecule is COCCc1cc(Nc2ccccc2)cc(C2(c3ccc(OC)c(C)c3)COC(N)=N2)c1. The zero-order valence-corrected chi connectivity index (χ0v) is 18.7. The molecule has 32 heavy (non-hydrogen) atoms. The number of aliphatic imine (C=N–C) groups is 1. The van der Waals surface area contributed by atoms with Gasteiger partial charge in [0.05, 0.1) is 13.7 Å². The molecule has 1 aliphatic rings. The lowest BCUT2D eigenvalue weighted by Gasteiger charge is -2.27. The molecule has 1 aliphatic heterocycles. The number of para-hydroxylation sites is 1. The van der Waals surface area contributed by atoms with Crippen LogP contribution in [-0.4, -0.2) is 33.5 Å². The third kappa shape index (κ3) is 4.41. The van der Waals surface area contributed by atoms with Gasteiger partial charge in [-0.1, -0.05) is 30.3 Å². The molecule has 3 aromatic carbocycles. The van der Waals surface area contributed by atoms with Crippen LogP contribution in [0.4, 0.5) is 11.4 Å². The quantitative estimate of drug-likeness (QED) is 0.548. The molecule has 0 radical (unpaired) electrons. The molecule has 0 aromatic heterocycles. The molecule has 6 nitrogen and oxygen atoms in total. The molecule has 3 aromatic rings. The highest BCUT2D eigenvalue weighted by atomic mass is 16.5. The summed E-state index contributed by atoms with van der Waals surface area (Å²) in [4.78, 5) is 4.80. The van der Waals surface area contributed by atoms with Crippen LogP contribution in [0, 0.1) is 6.92 Å². The van der Waals surface area contributed by atoms with E-state index in [-0.39, 0.29) is 6.02 Å². The minimum atomic E-state index is -0.739. The fourth-order valence-corrected chi connectivity index (χ4v) is 4.08. The number of hydrogen-bond acceptors (Lipinski definition) is 6. The number of methoxy groups -OCH3 is 2. The Hall–Kier alpha value is -3.51. The first-order chi connectivity index (χ1) is 15.5. The highest BCUT2D eigenvalue weighted by molar-refractivity contribution is 5.76. The summed E-state index contributed by atoms with van der Waals surface area (Å²) in [5.74, 6) is 0.833. The normalized spacial score (nSPS) is 17.5. The Morgan fingerprint density at radius 2 is 1.81 bits per heavy atom. The van der Waals surface area contributed by atoms with Crippen molar-refractivity contribution < 1.29 is 14.2 Å². The van der Waals surface area contributed by atoms with Gasteiger partial charge in [-0.25, -0.2) is 4.99 Å². The van der Waals surface area contributed by atoms with E-state index in [1.165, 1.54) is 0 Å². The van der Waals surface area contributed by atoms with Crippen LogP contribution in [-0.2, 0) is 21.4 Å². The van der Waals surface area contributed by atoms with Crippen molar-refractivity contribution in [1.29, 1.82) is 0 Å². The van der Waals surface area contributed by atoms with Gasteiger partial charge in [0.2, 0.25) is 0 Å². The molecule has 6 heteroatoms. The number of nitrogens with zero attached hydrogens (tertiary/aromatic N) is 1. The number of aryl methyl sites for hydroxylation is 1. The molecule has 0 amide bonds. The summed E-state index contributed by atoms with van der Waals surface area (Å²) in [6.45, 7) is 2.99. The second kappa shape index (κ2) is 9.32. The highest BCUT2D eigenvalue weighted by Gasteiger charge is 2.40. The lowest BCUT2D eigenvalue weighted by atomic mass is 9.82. The molecule has 0 spiro atoms. The van der Waals surface area contributed by atoms with Crippen molar-refractivity contribution in [3.8, 4) is 5.75 Å². The number of ether oxygens (including phenoxy) is 3. The van der Waals surface area contributed by atoms with Crippen molar-refractivity contribution in [2.24, 2.45) is 10.7 Å².